The first-order valence-corrected chi connectivity index (χ1v) is 4.00. The van der Waals surface area contributed by atoms with E-state index in [1.807, 2.05) is 0 Å². The van der Waals surface area contributed by atoms with Crippen LogP contribution in [-0.4, -0.2) is 17.2 Å². The molecule has 0 aliphatic carbocycles. The van der Waals surface area contributed by atoms with E-state index < -0.39 is 0 Å². The van der Waals surface area contributed by atoms with Crippen LogP contribution in [0.1, 0.15) is 33.1 Å². The maximum atomic E-state index is 5.91. The van der Waals surface area contributed by atoms with Crippen molar-refractivity contribution in [3.8, 4) is 0 Å². The lowest BCUT2D eigenvalue weighted by Gasteiger charge is -2.25. The van der Waals surface area contributed by atoms with Crippen LogP contribution in [0.5, 0.6) is 0 Å². The Morgan fingerprint density at radius 3 is 2.30 bits per heavy atom. The molecule has 2 fully saturated rings. The van der Waals surface area contributed by atoms with Gasteiger partial charge in [0.05, 0.1) is 11.2 Å². The molecule has 2 rings (SSSR count). The third-order valence-corrected chi connectivity index (χ3v) is 3.07. The van der Waals surface area contributed by atoms with Crippen LogP contribution in [0.3, 0.4) is 0 Å². The Kier molecular flexibility index (Phi) is 1.03. The number of hydrogen-bond acceptors (Lipinski definition) is 2. The Morgan fingerprint density at radius 1 is 1.40 bits per heavy atom. The van der Waals surface area contributed by atoms with Crippen molar-refractivity contribution in [1.82, 2.24) is 0 Å². The average Bonchev–Trinajstić information content (AvgIpc) is 2.17. The van der Waals surface area contributed by atoms with Crippen LogP contribution in [0.25, 0.3) is 0 Å². The highest BCUT2D eigenvalue weighted by Crippen LogP contribution is 2.49. The second kappa shape index (κ2) is 1.56. The SMILES string of the molecule is C[C@]12CC[C@](C)(O1)[C@@H](N)C2. The molecule has 2 saturated heterocycles. The minimum atomic E-state index is 0.00868. The number of hydrogen-bond donors (Lipinski definition) is 1. The molecule has 0 spiro atoms. The average molecular weight is 141 g/mol. The Labute approximate surface area is 61.7 Å². The molecule has 10 heavy (non-hydrogen) atoms. The van der Waals surface area contributed by atoms with E-state index in [4.69, 9.17) is 10.5 Å². The molecule has 2 aliphatic heterocycles. The van der Waals surface area contributed by atoms with Crippen LogP contribution >= 0.6 is 0 Å². The minimum Gasteiger partial charge on any atom is -0.367 e. The van der Waals surface area contributed by atoms with Gasteiger partial charge in [0.2, 0.25) is 0 Å². The van der Waals surface area contributed by atoms with Crippen molar-refractivity contribution in [3.63, 3.8) is 0 Å². The minimum absolute atomic E-state index is 0.00868. The summed E-state index contributed by atoms with van der Waals surface area (Å²) in [7, 11) is 0. The molecular weight excluding hydrogens is 126 g/mol. The smallest absolute Gasteiger partial charge is 0.0814 e. The third-order valence-electron chi connectivity index (χ3n) is 3.07. The van der Waals surface area contributed by atoms with Gasteiger partial charge in [-0.05, 0) is 33.1 Å². The summed E-state index contributed by atoms with van der Waals surface area (Å²) in [6.07, 6.45) is 3.38. The van der Waals surface area contributed by atoms with Gasteiger partial charge in [-0.25, -0.2) is 0 Å². The van der Waals surface area contributed by atoms with Gasteiger partial charge in [-0.3, -0.25) is 0 Å². The molecule has 2 N–H and O–H groups in total. The normalized spacial score (nSPS) is 59.7. The fourth-order valence-corrected chi connectivity index (χ4v) is 2.26. The van der Waals surface area contributed by atoms with Gasteiger partial charge in [0, 0.05) is 6.04 Å². The molecule has 0 amide bonds. The largest absolute Gasteiger partial charge is 0.367 e. The highest BCUT2D eigenvalue weighted by atomic mass is 16.5. The number of rotatable bonds is 0. The Morgan fingerprint density at radius 2 is 2.10 bits per heavy atom. The molecule has 3 atom stereocenters. The summed E-state index contributed by atoms with van der Waals surface area (Å²) in [5.41, 5.74) is 6.04. The molecule has 2 heterocycles. The molecule has 2 nitrogen and oxygen atoms in total. The zero-order chi connectivity index (χ0) is 7.41. The predicted octanol–water partition coefficient (Wildman–Crippen LogP) is 1.05. The highest BCUT2D eigenvalue weighted by Gasteiger charge is 2.55. The van der Waals surface area contributed by atoms with E-state index in [2.05, 4.69) is 13.8 Å². The zero-order valence-corrected chi connectivity index (χ0v) is 6.68. The first-order chi connectivity index (χ1) is 4.54. The first-order valence-electron chi connectivity index (χ1n) is 4.00. The number of fused-ring (bicyclic) bond motifs is 2. The van der Waals surface area contributed by atoms with Gasteiger partial charge in [0.25, 0.3) is 0 Å². The maximum absolute atomic E-state index is 5.91. The van der Waals surface area contributed by atoms with Crippen molar-refractivity contribution in [2.75, 3.05) is 0 Å². The van der Waals surface area contributed by atoms with Gasteiger partial charge in [-0.2, -0.15) is 0 Å². The summed E-state index contributed by atoms with van der Waals surface area (Å²) < 4.78 is 5.83. The fourth-order valence-electron chi connectivity index (χ4n) is 2.26. The van der Waals surface area contributed by atoms with Crippen molar-refractivity contribution in [1.29, 1.82) is 0 Å². The Hall–Kier alpha value is -0.0800. The van der Waals surface area contributed by atoms with Crippen LogP contribution in [0.2, 0.25) is 0 Å². The molecule has 0 unspecified atom stereocenters. The summed E-state index contributed by atoms with van der Waals surface area (Å²) >= 11 is 0. The van der Waals surface area contributed by atoms with Gasteiger partial charge < -0.3 is 10.5 Å². The van der Waals surface area contributed by atoms with E-state index in [0.29, 0.717) is 0 Å². The van der Waals surface area contributed by atoms with E-state index in [0.717, 1.165) is 12.8 Å². The van der Waals surface area contributed by atoms with Gasteiger partial charge in [0.15, 0.2) is 0 Å². The van der Waals surface area contributed by atoms with Crippen molar-refractivity contribution in [3.05, 3.63) is 0 Å². The zero-order valence-electron chi connectivity index (χ0n) is 6.68. The van der Waals surface area contributed by atoms with Crippen molar-refractivity contribution >= 4 is 0 Å². The molecule has 58 valence electrons. The molecule has 0 aromatic rings. The second-order valence-electron chi connectivity index (χ2n) is 4.18. The standard InChI is InChI=1S/C8H15NO/c1-7-3-4-8(2,10-7)6(9)5-7/h6H,3-5,9H2,1-2H3/t6-,7+,8-/m0/s1. The van der Waals surface area contributed by atoms with Crippen molar-refractivity contribution < 1.29 is 4.74 Å². The molecule has 2 bridgehead atoms. The van der Waals surface area contributed by atoms with Crippen LogP contribution in [0.15, 0.2) is 0 Å². The highest BCUT2D eigenvalue weighted by molar-refractivity contribution is 5.07. The molecule has 2 heteroatoms. The predicted molar refractivity (Wildman–Crippen MR) is 39.7 cm³/mol. The van der Waals surface area contributed by atoms with Gasteiger partial charge in [0.1, 0.15) is 0 Å². The summed E-state index contributed by atoms with van der Waals surface area (Å²) in [6.45, 7) is 4.31. The Balaban J connectivity index is 2.28. The van der Waals surface area contributed by atoms with Crippen molar-refractivity contribution in [2.24, 2.45) is 5.73 Å². The molecular formula is C8H15NO. The fraction of sp³-hybridized carbons (Fsp3) is 1.00. The lowest BCUT2D eigenvalue weighted by Crippen LogP contribution is -2.42. The van der Waals surface area contributed by atoms with E-state index in [9.17, 15) is 0 Å². The Bertz CT molecular complexity index is 171. The molecule has 0 aromatic heterocycles. The van der Waals surface area contributed by atoms with Crippen molar-refractivity contribution in [2.45, 2.75) is 50.4 Å². The van der Waals surface area contributed by atoms with E-state index in [1.165, 1.54) is 6.42 Å². The summed E-state index contributed by atoms with van der Waals surface area (Å²) in [6, 6.07) is 0.270. The van der Waals surface area contributed by atoms with E-state index in [-0.39, 0.29) is 17.2 Å². The second-order valence-corrected chi connectivity index (χ2v) is 4.18. The molecule has 0 saturated carbocycles. The van der Waals surface area contributed by atoms with Crippen LogP contribution < -0.4 is 5.73 Å². The first kappa shape index (κ1) is 6.62. The topological polar surface area (TPSA) is 35.2 Å². The lowest BCUT2D eigenvalue weighted by atomic mass is 9.81. The monoisotopic (exact) mass is 141 g/mol. The quantitative estimate of drug-likeness (QED) is 0.547. The van der Waals surface area contributed by atoms with Crippen LogP contribution in [0.4, 0.5) is 0 Å². The lowest BCUT2D eigenvalue weighted by molar-refractivity contribution is -0.0299. The van der Waals surface area contributed by atoms with Crippen LogP contribution in [-0.2, 0) is 4.74 Å². The van der Waals surface area contributed by atoms with Gasteiger partial charge in [-0.1, -0.05) is 0 Å². The summed E-state index contributed by atoms with van der Waals surface area (Å²) in [5, 5.41) is 0. The van der Waals surface area contributed by atoms with E-state index >= 15 is 0 Å². The van der Waals surface area contributed by atoms with Gasteiger partial charge in [-0.15, -0.1) is 0 Å². The van der Waals surface area contributed by atoms with Crippen LogP contribution in [0, 0.1) is 0 Å². The van der Waals surface area contributed by atoms with E-state index in [1.54, 1.807) is 0 Å². The van der Waals surface area contributed by atoms with Gasteiger partial charge >= 0.3 is 0 Å². The summed E-state index contributed by atoms with van der Waals surface area (Å²) in [4.78, 5) is 0. The number of nitrogens with two attached hydrogens (primary N) is 1. The number of ether oxygens (including phenoxy) is 1. The molecule has 0 aromatic carbocycles. The molecule has 2 aliphatic rings. The maximum Gasteiger partial charge on any atom is 0.0814 e. The molecule has 0 radical (unpaired) electrons. The third kappa shape index (κ3) is 0.663. The summed E-state index contributed by atoms with van der Waals surface area (Å²) in [5.74, 6) is 0.